The highest BCUT2D eigenvalue weighted by atomic mass is 32.2. The van der Waals surface area contributed by atoms with Crippen LogP contribution >= 0.6 is 0 Å². The van der Waals surface area contributed by atoms with E-state index in [1.807, 2.05) is 72.8 Å². The van der Waals surface area contributed by atoms with E-state index in [9.17, 15) is 8.42 Å². The molecule has 0 atom stereocenters. The highest BCUT2D eigenvalue weighted by Crippen LogP contribution is 2.44. The summed E-state index contributed by atoms with van der Waals surface area (Å²) in [5.41, 5.74) is 4.50. The van der Waals surface area contributed by atoms with Gasteiger partial charge in [0.15, 0.2) is 0 Å². The first-order valence-electron chi connectivity index (χ1n) is 8.16. The lowest BCUT2D eigenvalue weighted by atomic mass is 9.92. The van der Waals surface area contributed by atoms with Gasteiger partial charge in [-0.2, -0.15) is 0 Å². The summed E-state index contributed by atoms with van der Waals surface area (Å²) in [6, 6.07) is 23.1. The number of sulfonamides is 1. The van der Waals surface area contributed by atoms with Gasteiger partial charge in [0, 0.05) is 16.8 Å². The van der Waals surface area contributed by atoms with Gasteiger partial charge in [0.05, 0.1) is 6.26 Å². The molecule has 0 bridgehead atoms. The van der Waals surface area contributed by atoms with Gasteiger partial charge in [-0.15, -0.1) is 0 Å². The fraction of sp³-hybridized carbons (Fsp3) is 0.0476. The van der Waals surface area contributed by atoms with Crippen molar-refractivity contribution in [2.45, 2.75) is 0 Å². The molecule has 0 aromatic heterocycles. The maximum atomic E-state index is 11.5. The number of benzene rings is 3. The molecule has 4 nitrogen and oxygen atoms in total. The third-order valence-corrected chi connectivity index (χ3v) is 4.68. The summed E-state index contributed by atoms with van der Waals surface area (Å²) >= 11 is 0. The molecular weight excluding hydrogens is 346 g/mol. The van der Waals surface area contributed by atoms with Crippen LogP contribution in [0.4, 0.5) is 5.69 Å². The largest absolute Gasteiger partial charge is 0.456 e. The molecule has 0 saturated carbocycles. The molecule has 3 aromatic rings. The second-order valence-electron chi connectivity index (χ2n) is 6.15. The fourth-order valence-electron chi connectivity index (χ4n) is 3.05. The molecule has 26 heavy (non-hydrogen) atoms. The van der Waals surface area contributed by atoms with Crippen molar-refractivity contribution in [2.75, 3.05) is 11.0 Å². The van der Waals surface area contributed by atoms with Crippen molar-refractivity contribution in [1.29, 1.82) is 0 Å². The van der Waals surface area contributed by atoms with Crippen LogP contribution in [0.2, 0.25) is 0 Å². The molecule has 0 fully saturated rings. The third-order valence-electron chi connectivity index (χ3n) is 4.08. The number of fused-ring (bicyclic) bond motifs is 2. The van der Waals surface area contributed by atoms with E-state index in [-0.39, 0.29) is 0 Å². The first-order chi connectivity index (χ1) is 12.5. The van der Waals surface area contributed by atoms with Gasteiger partial charge in [-0.25, -0.2) is 8.42 Å². The molecule has 0 aliphatic carbocycles. The van der Waals surface area contributed by atoms with Crippen LogP contribution < -0.4 is 9.46 Å². The standard InChI is InChI=1S/C21H17NO3S/c1-26(23,24)22-16-8-6-7-15(13-16)14-19-17-9-2-4-11-20(17)25-21-12-5-3-10-18(19)21/h2-14,22H,1H3. The monoisotopic (exact) mass is 363 g/mol. The van der Waals surface area contributed by atoms with Gasteiger partial charge >= 0.3 is 0 Å². The van der Waals surface area contributed by atoms with E-state index < -0.39 is 10.0 Å². The minimum atomic E-state index is -3.32. The molecule has 0 amide bonds. The van der Waals surface area contributed by atoms with Crippen LogP contribution in [-0.2, 0) is 10.0 Å². The Bertz CT molecular complexity index is 1070. The predicted molar refractivity (Wildman–Crippen MR) is 105 cm³/mol. The zero-order valence-electron chi connectivity index (χ0n) is 14.1. The Morgan fingerprint density at radius 2 is 1.46 bits per heavy atom. The molecule has 3 aromatic carbocycles. The number of ether oxygens (including phenoxy) is 1. The van der Waals surface area contributed by atoms with Gasteiger partial charge in [0.2, 0.25) is 10.0 Å². The van der Waals surface area contributed by atoms with Gasteiger partial charge in [0.1, 0.15) is 11.5 Å². The van der Waals surface area contributed by atoms with Crippen LogP contribution in [0.1, 0.15) is 16.7 Å². The average molecular weight is 363 g/mol. The van der Waals surface area contributed by atoms with Gasteiger partial charge in [-0.3, -0.25) is 4.72 Å². The van der Waals surface area contributed by atoms with Gasteiger partial charge in [-0.05, 0) is 41.5 Å². The molecule has 130 valence electrons. The Labute approximate surface area is 152 Å². The average Bonchev–Trinajstić information content (AvgIpc) is 2.60. The lowest BCUT2D eigenvalue weighted by Gasteiger charge is -2.23. The van der Waals surface area contributed by atoms with E-state index >= 15 is 0 Å². The quantitative estimate of drug-likeness (QED) is 0.571. The molecule has 1 N–H and O–H groups in total. The lowest BCUT2D eigenvalue weighted by molar-refractivity contribution is 0.474. The molecule has 0 unspecified atom stereocenters. The Hall–Kier alpha value is -3.05. The molecular formula is C21H17NO3S. The van der Waals surface area contributed by atoms with Gasteiger partial charge in [0.25, 0.3) is 0 Å². The molecule has 5 heteroatoms. The molecule has 0 saturated heterocycles. The first kappa shape index (κ1) is 16.4. The molecule has 0 radical (unpaired) electrons. The zero-order chi connectivity index (χ0) is 18.1. The van der Waals surface area contributed by atoms with E-state index in [4.69, 9.17) is 4.74 Å². The maximum absolute atomic E-state index is 11.5. The topological polar surface area (TPSA) is 55.4 Å². The van der Waals surface area contributed by atoms with E-state index in [1.165, 1.54) is 0 Å². The minimum absolute atomic E-state index is 0.537. The Kier molecular flexibility index (Phi) is 4.01. The first-order valence-corrected chi connectivity index (χ1v) is 10.0. The molecule has 1 heterocycles. The van der Waals surface area contributed by atoms with Crippen LogP contribution in [0.25, 0.3) is 11.6 Å². The summed E-state index contributed by atoms with van der Waals surface area (Å²) in [7, 11) is -3.32. The van der Waals surface area contributed by atoms with Crippen molar-refractivity contribution in [2.24, 2.45) is 0 Å². The third kappa shape index (κ3) is 3.34. The van der Waals surface area contributed by atoms with Crippen molar-refractivity contribution in [3.63, 3.8) is 0 Å². The fourth-order valence-corrected chi connectivity index (χ4v) is 3.60. The van der Waals surface area contributed by atoms with Crippen LogP contribution in [0, 0.1) is 0 Å². The van der Waals surface area contributed by atoms with Crippen LogP contribution in [0.3, 0.4) is 0 Å². The van der Waals surface area contributed by atoms with Crippen molar-refractivity contribution < 1.29 is 13.2 Å². The summed E-state index contributed by atoms with van der Waals surface area (Å²) in [6.07, 6.45) is 3.19. The number of nitrogens with one attached hydrogen (secondary N) is 1. The summed E-state index contributed by atoms with van der Waals surface area (Å²) in [4.78, 5) is 0. The van der Waals surface area contributed by atoms with Gasteiger partial charge < -0.3 is 4.74 Å². The Morgan fingerprint density at radius 3 is 2.08 bits per heavy atom. The SMILES string of the molecule is CS(=O)(=O)Nc1cccc(C=C2c3ccccc3Oc3ccccc32)c1. The van der Waals surface area contributed by atoms with Crippen LogP contribution in [-0.4, -0.2) is 14.7 Å². The second-order valence-corrected chi connectivity index (χ2v) is 7.90. The number of anilines is 1. The minimum Gasteiger partial charge on any atom is -0.456 e. The highest BCUT2D eigenvalue weighted by molar-refractivity contribution is 7.92. The maximum Gasteiger partial charge on any atom is 0.229 e. The summed E-state index contributed by atoms with van der Waals surface area (Å²) in [5.74, 6) is 1.62. The van der Waals surface area contributed by atoms with Crippen LogP contribution in [0.15, 0.2) is 72.8 Å². The van der Waals surface area contributed by atoms with Crippen molar-refractivity contribution in [3.05, 3.63) is 89.5 Å². The van der Waals surface area contributed by atoms with Crippen molar-refractivity contribution >= 4 is 27.4 Å². The lowest BCUT2D eigenvalue weighted by Crippen LogP contribution is -2.09. The number of rotatable bonds is 3. The molecule has 1 aliphatic heterocycles. The molecule has 0 spiro atoms. The number of para-hydroxylation sites is 2. The van der Waals surface area contributed by atoms with Crippen LogP contribution in [0.5, 0.6) is 11.5 Å². The van der Waals surface area contributed by atoms with E-state index in [0.29, 0.717) is 5.69 Å². The van der Waals surface area contributed by atoms with E-state index in [2.05, 4.69) is 4.72 Å². The highest BCUT2D eigenvalue weighted by Gasteiger charge is 2.20. The van der Waals surface area contributed by atoms with E-state index in [0.717, 1.165) is 40.0 Å². The summed E-state index contributed by atoms with van der Waals surface area (Å²) in [5, 5.41) is 0. The Balaban J connectivity index is 1.84. The summed E-state index contributed by atoms with van der Waals surface area (Å²) in [6.45, 7) is 0. The van der Waals surface area contributed by atoms with Crippen molar-refractivity contribution in [1.82, 2.24) is 0 Å². The van der Waals surface area contributed by atoms with Crippen molar-refractivity contribution in [3.8, 4) is 11.5 Å². The predicted octanol–water partition coefficient (Wildman–Crippen LogP) is 4.75. The normalized spacial score (nSPS) is 12.6. The van der Waals surface area contributed by atoms with E-state index in [1.54, 1.807) is 6.07 Å². The number of hydrogen-bond acceptors (Lipinski definition) is 3. The molecule has 4 rings (SSSR count). The zero-order valence-corrected chi connectivity index (χ0v) is 15.0. The Morgan fingerprint density at radius 1 is 0.846 bits per heavy atom. The van der Waals surface area contributed by atoms with Gasteiger partial charge in [-0.1, -0.05) is 48.5 Å². The smallest absolute Gasteiger partial charge is 0.229 e. The second kappa shape index (κ2) is 6.35. The number of hydrogen-bond donors (Lipinski definition) is 1. The molecule has 1 aliphatic rings. The summed E-state index contributed by atoms with van der Waals surface area (Å²) < 4.78 is 31.5.